The number of carboxylic acid groups (broad SMARTS) is 1. The van der Waals surface area contributed by atoms with Gasteiger partial charge in [-0.05, 0) is 42.2 Å². The number of likely N-dealkylation sites (tertiary alicyclic amines) is 1. The molecule has 5 nitrogen and oxygen atoms in total. The molecule has 1 aromatic rings. The number of nitrogens with one attached hydrogen (secondary N) is 1. The van der Waals surface area contributed by atoms with Gasteiger partial charge in [0.25, 0.3) is 0 Å². The van der Waals surface area contributed by atoms with Gasteiger partial charge >= 0.3 is 12.0 Å². The van der Waals surface area contributed by atoms with Crippen molar-refractivity contribution in [2.75, 3.05) is 6.54 Å². The predicted molar refractivity (Wildman–Crippen MR) is 68.6 cm³/mol. The van der Waals surface area contributed by atoms with Gasteiger partial charge in [0.15, 0.2) is 0 Å². The molecule has 2 rings (SSSR count). The highest BCUT2D eigenvalue weighted by molar-refractivity contribution is 7.07. The summed E-state index contributed by atoms with van der Waals surface area (Å²) in [6, 6.07) is 0.880. The summed E-state index contributed by atoms with van der Waals surface area (Å²) < 4.78 is 0. The molecule has 0 radical (unpaired) electrons. The Hall–Kier alpha value is -1.56. The Bertz CT molecular complexity index is 433. The number of carbonyl (C=O) groups excluding carboxylic acids is 1. The maximum Gasteiger partial charge on any atom is 0.326 e. The van der Waals surface area contributed by atoms with Crippen molar-refractivity contribution in [1.82, 2.24) is 10.2 Å². The van der Waals surface area contributed by atoms with Crippen LogP contribution < -0.4 is 5.32 Å². The van der Waals surface area contributed by atoms with Crippen molar-refractivity contribution in [2.24, 2.45) is 0 Å². The predicted octanol–water partition coefficient (Wildman–Crippen LogP) is 2.07. The summed E-state index contributed by atoms with van der Waals surface area (Å²) in [6.07, 6.45) is 1.28. The number of thiophene rings is 1. The van der Waals surface area contributed by atoms with Crippen molar-refractivity contribution in [1.29, 1.82) is 0 Å². The number of hydrogen-bond donors (Lipinski definition) is 2. The molecule has 1 aromatic heterocycles. The van der Waals surface area contributed by atoms with E-state index in [1.807, 2.05) is 23.8 Å². The Balaban J connectivity index is 1.97. The van der Waals surface area contributed by atoms with E-state index in [4.69, 9.17) is 5.11 Å². The van der Waals surface area contributed by atoms with E-state index in [0.29, 0.717) is 13.0 Å². The number of hydrogen-bond acceptors (Lipinski definition) is 3. The highest BCUT2D eigenvalue weighted by Crippen LogP contribution is 2.20. The second-order valence-corrected chi connectivity index (χ2v) is 5.20. The molecule has 18 heavy (non-hydrogen) atoms. The van der Waals surface area contributed by atoms with Gasteiger partial charge in [-0.1, -0.05) is 0 Å². The number of carbonyl (C=O) groups is 2. The lowest BCUT2D eigenvalue weighted by Crippen LogP contribution is -2.46. The average Bonchev–Trinajstić information content (AvgIpc) is 3.00. The van der Waals surface area contributed by atoms with Crippen LogP contribution in [0.1, 0.15) is 31.4 Å². The van der Waals surface area contributed by atoms with Crippen LogP contribution in [0.4, 0.5) is 4.79 Å². The van der Waals surface area contributed by atoms with Crippen molar-refractivity contribution in [2.45, 2.75) is 31.8 Å². The normalized spacial score (nSPS) is 20.7. The van der Waals surface area contributed by atoms with Gasteiger partial charge in [0.05, 0.1) is 6.04 Å². The summed E-state index contributed by atoms with van der Waals surface area (Å²) in [5.74, 6) is -0.925. The first kappa shape index (κ1) is 12.9. The minimum atomic E-state index is -0.925. The van der Waals surface area contributed by atoms with Gasteiger partial charge in [0, 0.05) is 6.54 Å². The molecule has 0 saturated carbocycles. The van der Waals surface area contributed by atoms with Crippen molar-refractivity contribution < 1.29 is 14.7 Å². The van der Waals surface area contributed by atoms with Crippen LogP contribution in [-0.2, 0) is 4.79 Å². The SMILES string of the molecule is CC(NC(=O)N1CCCC1C(=O)O)c1ccsc1. The molecule has 2 N–H and O–H groups in total. The van der Waals surface area contributed by atoms with Gasteiger partial charge in [-0.15, -0.1) is 0 Å². The van der Waals surface area contributed by atoms with Crippen LogP contribution in [-0.4, -0.2) is 34.6 Å². The smallest absolute Gasteiger partial charge is 0.326 e. The van der Waals surface area contributed by atoms with Crippen LogP contribution in [0.2, 0.25) is 0 Å². The summed E-state index contributed by atoms with van der Waals surface area (Å²) in [4.78, 5) is 24.4. The van der Waals surface area contributed by atoms with Gasteiger partial charge in [0.2, 0.25) is 0 Å². The van der Waals surface area contributed by atoms with Crippen molar-refractivity contribution in [3.05, 3.63) is 22.4 Å². The third-order valence-electron chi connectivity index (χ3n) is 3.18. The van der Waals surface area contributed by atoms with Gasteiger partial charge in [0.1, 0.15) is 6.04 Å². The molecule has 2 unspecified atom stereocenters. The number of amides is 2. The van der Waals surface area contributed by atoms with Crippen LogP contribution in [0.5, 0.6) is 0 Å². The van der Waals surface area contributed by atoms with E-state index < -0.39 is 12.0 Å². The summed E-state index contributed by atoms with van der Waals surface area (Å²) in [5.41, 5.74) is 1.04. The first-order chi connectivity index (χ1) is 8.59. The lowest BCUT2D eigenvalue weighted by molar-refractivity contribution is -0.141. The lowest BCUT2D eigenvalue weighted by atomic mass is 10.2. The second kappa shape index (κ2) is 5.39. The highest BCUT2D eigenvalue weighted by atomic mass is 32.1. The standard InChI is InChI=1S/C12H16N2O3S/c1-8(9-4-6-18-7-9)13-12(17)14-5-2-3-10(14)11(15)16/h4,6-8,10H,2-3,5H2,1H3,(H,13,17)(H,15,16). The van der Waals surface area contributed by atoms with Crippen molar-refractivity contribution >= 4 is 23.3 Å². The Kier molecular flexibility index (Phi) is 3.86. The third kappa shape index (κ3) is 2.64. The maximum absolute atomic E-state index is 12.0. The number of carboxylic acids is 1. The van der Waals surface area contributed by atoms with Crippen LogP contribution in [0.3, 0.4) is 0 Å². The Morgan fingerprint density at radius 1 is 1.61 bits per heavy atom. The zero-order valence-electron chi connectivity index (χ0n) is 10.1. The minimum Gasteiger partial charge on any atom is -0.480 e. The maximum atomic E-state index is 12.0. The van der Waals surface area contributed by atoms with E-state index in [-0.39, 0.29) is 12.1 Å². The summed E-state index contributed by atoms with van der Waals surface area (Å²) in [7, 11) is 0. The molecule has 0 aliphatic carbocycles. The Morgan fingerprint density at radius 3 is 3.00 bits per heavy atom. The molecule has 1 saturated heterocycles. The van der Waals surface area contributed by atoms with E-state index >= 15 is 0 Å². The molecule has 0 spiro atoms. The van der Waals surface area contributed by atoms with Gasteiger partial charge in [-0.25, -0.2) is 9.59 Å². The first-order valence-corrected chi connectivity index (χ1v) is 6.86. The quantitative estimate of drug-likeness (QED) is 0.881. The number of aliphatic carboxylic acids is 1. The van der Waals surface area contributed by atoms with E-state index in [9.17, 15) is 9.59 Å². The van der Waals surface area contributed by atoms with Crippen LogP contribution in [0, 0.1) is 0 Å². The third-order valence-corrected chi connectivity index (χ3v) is 3.88. The van der Waals surface area contributed by atoms with Crippen molar-refractivity contribution in [3.8, 4) is 0 Å². The van der Waals surface area contributed by atoms with E-state index in [1.165, 1.54) is 4.90 Å². The monoisotopic (exact) mass is 268 g/mol. The highest BCUT2D eigenvalue weighted by Gasteiger charge is 2.34. The summed E-state index contributed by atoms with van der Waals surface area (Å²) in [6.45, 7) is 2.41. The lowest BCUT2D eigenvalue weighted by Gasteiger charge is -2.24. The van der Waals surface area contributed by atoms with E-state index in [2.05, 4.69) is 5.32 Å². The Morgan fingerprint density at radius 2 is 2.39 bits per heavy atom. The molecule has 2 atom stereocenters. The molecule has 98 valence electrons. The molecule has 0 bridgehead atoms. The van der Waals surface area contributed by atoms with E-state index in [1.54, 1.807) is 11.3 Å². The molecule has 1 fully saturated rings. The van der Waals surface area contributed by atoms with Crippen LogP contribution in [0.25, 0.3) is 0 Å². The van der Waals surface area contributed by atoms with Gasteiger partial charge in [-0.3, -0.25) is 0 Å². The fraction of sp³-hybridized carbons (Fsp3) is 0.500. The second-order valence-electron chi connectivity index (χ2n) is 4.42. The zero-order valence-corrected chi connectivity index (χ0v) is 10.9. The largest absolute Gasteiger partial charge is 0.480 e. The average molecular weight is 268 g/mol. The molecule has 6 heteroatoms. The number of nitrogens with zero attached hydrogens (tertiary/aromatic N) is 1. The molecular formula is C12H16N2O3S. The molecule has 2 heterocycles. The summed E-state index contributed by atoms with van der Waals surface area (Å²) in [5, 5.41) is 15.8. The molecule has 2 amide bonds. The fourth-order valence-corrected chi connectivity index (χ4v) is 2.89. The topological polar surface area (TPSA) is 69.6 Å². The Labute approximate surface area is 109 Å². The summed E-state index contributed by atoms with van der Waals surface area (Å²) >= 11 is 1.57. The fourth-order valence-electron chi connectivity index (χ4n) is 2.14. The first-order valence-electron chi connectivity index (χ1n) is 5.91. The number of rotatable bonds is 3. The van der Waals surface area contributed by atoms with Crippen LogP contribution >= 0.6 is 11.3 Å². The molecule has 1 aliphatic rings. The van der Waals surface area contributed by atoms with Crippen molar-refractivity contribution in [3.63, 3.8) is 0 Å². The van der Waals surface area contributed by atoms with E-state index in [0.717, 1.165) is 12.0 Å². The molecule has 1 aliphatic heterocycles. The number of urea groups is 1. The molecule has 0 aromatic carbocycles. The molecular weight excluding hydrogens is 252 g/mol. The van der Waals surface area contributed by atoms with Gasteiger partial charge < -0.3 is 15.3 Å². The minimum absolute atomic E-state index is 0.0983. The zero-order chi connectivity index (χ0) is 13.1. The van der Waals surface area contributed by atoms with Gasteiger partial charge in [-0.2, -0.15) is 11.3 Å². The van der Waals surface area contributed by atoms with Crippen LogP contribution in [0.15, 0.2) is 16.8 Å².